The molecule has 0 amide bonds. The molecule has 3 atom stereocenters. The summed E-state index contributed by atoms with van der Waals surface area (Å²) in [7, 11) is 4.55. The molecular weight excluding hydrogens is 246 g/mol. The molecule has 20 heavy (non-hydrogen) atoms. The number of hydrogen-bond acceptors (Lipinski definition) is 3. The van der Waals surface area contributed by atoms with Crippen molar-refractivity contribution >= 4 is 0 Å². The Balaban J connectivity index is 1.85. The largest absolute Gasteiger partial charge is 0.326 e. The number of rotatable bonds is 4. The van der Waals surface area contributed by atoms with Gasteiger partial charge < -0.3 is 15.5 Å². The second-order valence-corrected chi connectivity index (χ2v) is 7.73. The Morgan fingerprint density at radius 1 is 1.15 bits per heavy atom. The molecule has 0 bridgehead atoms. The zero-order valence-electron chi connectivity index (χ0n) is 14.0. The van der Waals surface area contributed by atoms with Gasteiger partial charge in [0.25, 0.3) is 0 Å². The molecular formula is C17H35N3. The lowest BCUT2D eigenvalue weighted by Gasteiger charge is -2.42. The van der Waals surface area contributed by atoms with Gasteiger partial charge in [0, 0.05) is 18.6 Å². The van der Waals surface area contributed by atoms with Crippen LogP contribution in [-0.2, 0) is 0 Å². The van der Waals surface area contributed by atoms with E-state index in [4.69, 9.17) is 5.73 Å². The maximum Gasteiger partial charge on any atom is 0.0247 e. The van der Waals surface area contributed by atoms with Crippen molar-refractivity contribution in [2.75, 3.05) is 33.7 Å². The quantitative estimate of drug-likeness (QED) is 0.859. The SMILES string of the molecule is CC(C)C1CCC(N)C(N(C)CC2CCN(C)CC2)C1. The second-order valence-electron chi connectivity index (χ2n) is 7.73. The molecule has 0 aromatic carbocycles. The first kappa shape index (κ1) is 16.3. The van der Waals surface area contributed by atoms with Crippen molar-refractivity contribution in [2.24, 2.45) is 23.5 Å². The molecule has 1 saturated heterocycles. The van der Waals surface area contributed by atoms with Gasteiger partial charge in [0.15, 0.2) is 0 Å². The fraction of sp³-hybridized carbons (Fsp3) is 1.00. The van der Waals surface area contributed by atoms with E-state index in [1.54, 1.807) is 0 Å². The zero-order chi connectivity index (χ0) is 14.7. The highest BCUT2D eigenvalue weighted by atomic mass is 15.2. The third kappa shape index (κ3) is 4.19. The summed E-state index contributed by atoms with van der Waals surface area (Å²) in [6, 6.07) is 0.997. The fourth-order valence-corrected chi connectivity index (χ4v) is 4.10. The van der Waals surface area contributed by atoms with Gasteiger partial charge in [0.1, 0.15) is 0 Å². The molecule has 3 nitrogen and oxygen atoms in total. The van der Waals surface area contributed by atoms with E-state index >= 15 is 0 Å². The first-order valence-corrected chi connectivity index (χ1v) is 8.61. The first-order valence-electron chi connectivity index (χ1n) is 8.61. The maximum atomic E-state index is 6.42. The molecule has 3 unspecified atom stereocenters. The Labute approximate surface area is 125 Å². The highest BCUT2D eigenvalue weighted by Crippen LogP contribution is 2.32. The van der Waals surface area contributed by atoms with E-state index in [1.807, 2.05) is 0 Å². The summed E-state index contributed by atoms with van der Waals surface area (Å²) in [5.74, 6) is 2.56. The van der Waals surface area contributed by atoms with Crippen LogP contribution >= 0.6 is 0 Å². The molecule has 2 rings (SSSR count). The molecule has 0 aromatic heterocycles. The third-order valence-electron chi connectivity index (χ3n) is 5.80. The molecule has 2 aliphatic rings. The van der Waals surface area contributed by atoms with E-state index in [-0.39, 0.29) is 0 Å². The van der Waals surface area contributed by atoms with Crippen molar-refractivity contribution in [1.29, 1.82) is 0 Å². The van der Waals surface area contributed by atoms with E-state index < -0.39 is 0 Å². The van der Waals surface area contributed by atoms with E-state index in [1.165, 1.54) is 51.7 Å². The molecule has 0 aromatic rings. The average molecular weight is 281 g/mol. The standard InChI is InChI=1S/C17H35N3/c1-13(2)15-5-6-16(18)17(11-15)20(4)12-14-7-9-19(3)10-8-14/h13-17H,5-12,18H2,1-4H3. The van der Waals surface area contributed by atoms with Crippen molar-refractivity contribution < 1.29 is 0 Å². The highest BCUT2D eigenvalue weighted by Gasteiger charge is 2.33. The summed E-state index contributed by atoms with van der Waals surface area (Å²) in [5.41, 5.74) is 6.42. The Kier molecular flexibility index (Phi) is 5.88. The number of piperidine rings is 1. The highest BCUT2D eigenvalue weighted by molar-refractivity contribution is 4.90. The van der Waals surface area contributed by atoms with Gasteiger partial charge >= 0.3 is 0 Å². The third-order valence-corrected chi connectivity index (χ3v) is 5.80. The van der Waals surface area contributed by atoms with Crippen molar-refractivity contribution in [1.82, 2.24) is 9.80 Å². The minimum absolute atomic E-state index is 0.390. The maximum absolute atomic E-state index is 6.42. The molecule has 2 N–H and O–H groups in total. The summed E-state index contributed by atoms with van der Waals surface area (Å²) in [6.07, 6.45) is 6.57. The molecule has 118 valence electrons. The summed E-state index contributed by atoms with van der Waals surface area (Å²) >= 11 is 0. The zero-order valence-corrected chi connectivity index (χ0v) is 14.0. The molecule has 1 heterocycles. The summed E-state index contributed by atoms with van der Waals surface area (Å²) in [5, 5.41) is 0. The number of nitrogens with zero attached hydrogens (tertiary/aromatic N) is 2. The second kappa shape index (κ2) is 7.24. The first-order chi connectivity index (χ1) is 9.47. The predicted octanol–water partition coefficient (Wildman–Crippen LogP) is 2.41. The Hall–Kier alpha value is -0.120. The molecule has 2 fully saturated rings. The molecule has 3 heteroatoms. The van der Waals surface area contributed by atoms with Crippen molar-refractivity contribution in [3.8, 4) is 0 Å². The number of hydrogen-bond donors (Lipinski definition) is 1. The average Bonchev–Trinajstić information content (AvgIpc) is 2.41. The van der Waals surface area contributed by atoms with E-state index in [0.29, 0.717) is 12.1 Å². The Morgan fingerprint density at radius 2 is 1.80 bits per heavy atom. The summed E-state index contributed by atoms with van der Waals surface area (Å²) in [4.78, 5) is 5.05. The van der Waals surface area contributed by atoms with E-state index in [2.05, 4.69) is 37.7 Å². The van der Waals surface area contributed by atoms with Gasteiger partial charge in [0.05, 0.1) is 0 Å². The van der Waals surface area contributed by atoms with Crippen molar-refractivity contribution in [3.63, 3.8) is 0 Å². The van der Waals surface area contributed by atoms with Gasteiger partial charge in [-0.15, -0.1) is 0 Å². The van der Waals surface area contributed by atoms with Crippen LogP contribution in [0.2, 0.25) is 0 Å². The summed E-state index contributed by atoms with van der Waals surface area (Å²) in [6.45, 7) is 8.52. The lowest BCUT2D eigenvalue weighted by molar-refractivity contribution is 0.0897. The smallest absolute Gasteiger partial charge is 0.0247 e. The molecule has 1 aliphatic heterocycles. The number of nitrogens with two attached hydrogens (primary N) is 1. The van der Waals surface area contributed by atoms with Crippen LogP contribution in [0.1, 0.15) is 46.0 Å². The van der Waals surface area contributed by atoms with Gasteiger partial charge in [-0.05, 0) is 77.0 Å². The molecule has 1 saturated carbocycles. The van der Waals surface area contributed by atoms with Crippen LogP contribution in [0, 0.1) is 17.8 Å². The van der Waals surface area contributed by atoms with Crippen LogP contribution in [0.4, 0.5) is 0 Å². The lowest BCUT2D eigenvalue weighted by atomic mass is 9.76. The van der Waals surface area contributed by atoms with Crippen LogP contribution in [-0.4, -0.2) is 55.6 Å². The fourth-order valence-electron chi connectivity index (χ4n) is 4.10. The normalized spacial score (nSPS) is 34.0. The van der Waals surface area contributed by atoms with Crippen LogP contribution in [0.25, 0.3) is 0 Å². The van der Waals surface area contributed by atoms with Crippen molar-refractivity contribution in [3.05, 3.63) is 0 Å². The minimum Gasteiger partial charge on any atom is -0.326 e. The van der Waals surface area contributed by atoms with Crippen LogP contribution in [0.3, 0.4) is 0 Å². The van der Waals surface area contributed by atoms with Crippen LogP contribution in [0.5, 0.6) is 0 Å². The minimum atomic E-state index is 0.390. The van der Waals surface area contributed by atoms with E-state index in [0.717, 1.165) is 17.8 Å². The predicted molar refractivity (Wildman–Crippen MR) is 86.8 cm³/mol. The van der Waals surface area contributed by atoms with E-state index in [9.17, 15) is 0 Å². The summed E-state index contributed by atoms with van der Waals surface area (Å²) < 4.78 is 0. The van der Waals surface area contributed by atoms with Gasteiger partial charge in [-0.2, -0.15) is 0 Å². The number of likely N-dealkylation sites (N-methyl/N-ethyl adjacent to an activating group) is 1. The number of likely N-dealkylation sites (tertiary alicyclic amines) is 1. The molecule has 0 radical (unpaired) electrons. The molecule has 1 aliphatic carbocycles. The lowest BCUT2D eigenvalue weighted by Crippen LogP contribution is -2.52. The Bertz CT molecular complexity index is 284. The van der Waals surface area contributed by atoms with Gasteiger partial charge in [-0.3, -0.25) is 0 Å². The topological polar surface area (TPSA) is 32.5 Å². The van der Waals surface area contributed by atoms with Gasteiger partial charge in [-0.1, -0.05) is 13.8 Å². The van der Waals surface area contributed by atoms with Crippen LogP contribution in [0.15, 0.2) is 0 Å². The van der Waals surface area contributed by atoms with Gasteiger partial charge in [-0.25, -0.2) is 0 Å². The van der Waals surface area contributed by atoms with Crippen LogP contribution < -0.4 is 5.73 Å². The monoisotopic (exact) mass is 281 g/mol. The molecule has 0 spiro atoms. The van der Waals surface area contributed by atoms with Gasteiger partial charge in [0.2, 0.25) is 0 Å². The van der Waals surface area contributed by atoms with Crippen molar-refractivity contribution in [2.45, 2.75) is 58.0 Å². The Morgan fingerprint density at radius 3 is 2.40 bits per heavy atom.